The summed E-state index contributed by atoms with van der Waals surface area (Å²) in [6.45, 7) is 1.23. The molecule has 0 aliphatic rings. The van der Waals surface area contributed by atoms with Crippen molar-refractivity contribution in [2.24, 2.45) is 0 Å². The van der Waals surface area contributed by atoms with Crippen molar-refractivity contribution in [1.29, 1.82) is 0 Å². The van der Waals surface area contributed by atoms with E-state index >= 15 is 0 Å². The summed E-state index contributed by atoms with van der Waals surface area (Å²) >= 11 is -5.15. The summed E-state index contributed by atoms with van der Waals surface area (Å²) in [5, 5.41) is 12.0. The van der Waals surface area contributed by atoms with Gasteiger partial charge in [0, 0.05) is 0 Å². The molecule has 8 nitrogen and oxygen atoms in total. The van der Waals surface area contributed by atoms with Crippen LogP contribution in [0, 0.1) is 0 Å². The van der Waals surface area contributed by atoms with Gasteiger partial charge < -0.3 is 0 Å². The minimum absolute atomic E-state index is 0.0210. The fourth-order valence-corrected chi connectivity index (χ4v) is 4.50. The molecule has 0 saturated carbocycles. The molecule has 2 aromatic rings. The number of carbonyl (C=O) groups excluding carboxylic acids is 2. The molecular weight excluding hydrogens is 415 g/mol. The fraction of sp³-hybridized carbons (Fsp3) is 0.222. The number of nitrogen functional groups attached to an aromatic ring is 1. The van der Waals surface area contributed by atoms with Gasteiger partial charge in [-0.25, -0.2) is 0 Å². The molecule has 1 atom stereocenters. The molecule has 1 unspecified atom stereocenters. The van der Waals surface area contributed by atoms with Crippen LogP contribution in [-0.2, 0) is 23.5 Å². The quantitative estimate of drug-likeness (QED) is 0.289. The van der Waals surface area contributed by atoms with Gasteiger partial charge in [0.1, 0.15) is 0 Å². The molecule has 2 aromatic carbocycles. The second kappa shape index (κ2) is 8.79. The molecular formula is C18H21AsN2O6. The van der Waals surface area contributed by atoms with Crippen molar-refractivity contribution in [3.05, 3.63) is 48.0 Å². The van der Waals surface area contributed by atoms with Gasteiger partial charge in [-0.2, -0.15) is 0 Å². The van der Waals surface area contributed by atoms with Gasteiger partial charge in [-0.05, 0) is 0 Å². The van der Waals surface area contributed by atoms with Crippen LogP contribution < -0.4 is 15.4 Å². The molecule has 1 amide bonds. The molecule has 0 aliphatic heterocycles. The van der Waals surface area contributed by atoms with Gasteiger partial charge in [0.2, 0.25) is 0 Å². The average molecular weight is 436 g/mol. The first-order valence-electron chi connectivity index (χ1n) is 8.18. The number of nitrogens with two attached hydrogens (primary N) is 1. The van der Waals surface area contributed by atoms with E-state index in [0.717, 1.165) is 17.7 Å². The molecule has 0 fully saturated rings. The molecule has 0 aliphatic carbocycles. The number of anilines is 2. The normalized spacial score (nSPS) is 12.8. The summed E-state index contributed by atoms with van der Waals surface area (Å²) in [6.07, 6.45) is 1.03. The number of rotatable bonds is 7. The van der Waals surface area contributed by atoms with Crippen LogP contribution in [0.25, 0.3) is 0 Å². The summed E-state index contributed by atoms with van der Waals surface area (Å²) in [5.74, 6) is -1.51. The molecule has 144 valence electrons. The molecule has 0 heterocycles. The minimum atomic E-state index is -5.15. The first-order valence-corrected chi connectivity index (χ1v) is 11.5. The van der Waals surface area contributed by atoms with Gasteiger partial charge in [-0.3, -0.25) is 0 Å². The Morgan fingerprint density at radius 3 is 2.48 bits per heavy atom. The van der Waals surface area contributed by atoms with Crippen LogP contribution in [0.15, 0.2) is 42.5 Å². The van der Waals surface area contributed by atoms with E-state index in [1.54, 1.807) is 12.1 Å². The summed E-state index contributed by atoms with van der Waals surface area (Å²) in [5.41, 5.74) is 7.21. The van der Waals surface area contributed by atoms with Gasteiger partial charge in [0.05, 0.1) is 0 Å². The Balaban J connectivity index is 1.96. The summed E-state index contributed by atoms with van der Waals surface area (Å²) in [4.78, 5) is 23.0. The molecule has 0 spiro atoms. The molecule has 5 N–H and O–H groups in total. The molecule has 9 heteroatoms. The van der Waals surface area contributed by atoms with Crippen LogP contribution in [0.5, 0.6) is 5.75 Å². The van der Waals surface area contributed by atoms with Crippen LogP contribution in [0.4, 0.5) is 11.4 Å². The van der Waals surface area contributed by atoms with Crippen LogP contribution in [-0.4, -0.2) is 35.3 Å². The molecule has 0 bridgehead atoms. The van der Waals surface area contributed by atoms with Crippen molar-refractivity contribution in [2.75, 3.05) is 11.1 Å². The van der Waals surface area contributed by atoms with Crippen LogP contribution in [0.1, 0.15) is 25.3 Å². The third-order valence-electron chi connectivity index (χ3n) is 3.67. The zero-order chi connectivity index (χ0) is 20.0. The summed E-state index contributed by atoms with van der Waals surface area (Å²) in [6, 6.07) is 10.7. The van der Waals surface area contributed by atoms with E-state index in [9.17, 15) is 22.5 Å². The summed E-state index contributed by atoms with van der Waals surface area (Å²) in [7, 11) is 0. The van der Waals surface area contributed by atoms with Gasteiger partial charge >= 0.3 is 159 Å². The topological polar surface area (TPSA) is 139 Å². The molecule has 0 radical (unpaired) electrons. The number of carbonyl (C=O) groups is 2. The zero-order valence-corrected chi connectivity index (χ0v) is 16.6. The maximum absolute atomic E-state index is 12.4. The Hall–Kier alpha value is -2.70. The van der Waals surface area contributed by atoms with E-state index in [4.69, 9.17) is 9.46 Å². The Morgan fingerprint density at radius 2 is 1.85 bits per heavy atom. The maximum atomic E-state index is 12.4. The fourth-order valence-electron chi connectivity index (χ4n) is 2.35. The number of hydrogen-bond acceptors (Lipinski definition) is 6. The first-order chi connectivity index (χ1) is 12.7. The SMILES string of the molecule is CC(=O)Nc1cc([As](=O)(O)OC(=O)CCCc2ccc(N)cc2)ccc1O. The van der Waals surface area contributed by atoms with E-state index in [1.807, 2.05) is 12.1 Å². The van der Waals surface area contributed by atoms with Crippen molar-refractivity contribution >= 4 is 41.8 Å². The van der Waals surface area contributed by atoms with Gasteiger partial charge in [-0.15, -0.1) is 0 Å². The summed E-state index contributed by atoms with van der Waals surface area (Å²) < 4.78 is 27.2. The van der Waals surface area contributed by atoms with E-state index < -0.39 is 26.0 Å². The van der Waals surface area contributed by atoms with Crippen LogP contribution in [0.3, 0.4) is 0 Å². The van der Waals surface area contributed by atoms with Crippen molar-refractivity contribution < 1.29 is 26.3 Å². The molecule has 0 saturated heterocycles. The number of phenolic OH excluding ortho intramolecular Hbond substituents is 1. The van der Waals surface area contributed by atoms with Gasteiger partial charge in [0.15, 0.2) is 0 Å². The second-order valence-electron chi connectivity index (χ2n) is 5.96. The third-order valence-corrected chi connectivity index (χ3v) is 6.57. The second-order valence-corrected chi connectivity index (χ2v) is 9.61. The standard InChI is InChI=1S/C18H21AsN2O6/c1-12(22)21-16-11-14(7-10-17(16)23)19(25,26)27-18(24)4-2-3-13-5-8-15(20)9-6-13/h5-11,23H,2-4,20H2,1H3,(H,21,22)(H,25,26). The number of nitrogens with one attached hydrogen (secondary N) is 1. The van der Waals surface area contributed by atoms with E-state index in [1.165, 1.54) is 13.0 Å². The first kappa shape index (κ1) is 20.6. The monoisotopic (exact) mass is 436 g/mol. The van der Waals surface area contributed by atoms with E-state index in [-0.39, 0.29) is 22.2 Å². The Bertz CT molecular complexity index is 882. The number of amides is 1. The molecule has 27 heavy (non-hydrogen) atoms. The van der Waals surface area contributed by atoms with Crippen molar-refractivity contribution in [1.82, 2.24) is 0 Å². The number of aromatic hydroxyl groups is 1. The number of aryl methyl sites for hydroxylation is 1. The van der Waals surface area contributed by atoms with Crippen LogP contribution >= 0.6 is 0 Å². The van der Waals surface area contributed by atoms with E-state index in [0.29, 0.717) is 18.5 Å². The van der Waals surface area contributed by atoms with Crippen molar-refractivity contribution in [3.8, 4) is 5.75 Å². The Morgan fingerprint density at radius 1 is 1.19 bits per heavy atom. The third kappa shape index (κ3) is 6.20. The van der Waals surface area contributed by atoms with Gasteiger partial charge in [-0.1, -0.05) is 0 Å². The zero-order valence-electron chi connectivity index (χ0n) is 14.7. The molecule has 2 rings (SSSR count). The number of phenols is 1. The van der Waals surface area contributed by atoms with E-state index in [2.05, 4.69) is 5.32 Å². The Kier molecular flexibility index (Phi) is 6.71. The Labute approximate surface area is 159 Å². The number of benzene rings is 2. The van der Waals surface area contributed by atoms with Crippen molar-refractivity contribution in [2.45, 2.75) is 26.2 Å². The van der Waals surface area contributed by atoms with Crippen molar-refractivity contribution in [3.63, 3.8) is 0 Å². The molecule has 0 aromatic heterocycles. The predicted molar refractivity (Wildman–Crippen MR) is 101 cm³/mol. The average Bonchev–Trinajstić information content (AvgIpc) is 2.57. The number of hydrogen-bond donors (Lipinski definition) is 4. The van der Waals surface area contributed by atoms with Crippen LogP contribution in [0.2, 0.25) is 0 Å². The van der Waals surface area contributed by atoms with Gasteiger partial charge in [0.25, 0.3) is 0 Å². The predicted octanol–water partition coefficient (Wildman–Crippen LogP) is 1.07.